The standard InChI is InChI=1S/C10H18O3S/c1-4-6-7-10(8-9(10)5-2)13-14(3,11)12/h6-7,9H,4-5,8H2,1-3H3/b7-6+/t9-,10+/m0/s1. The molecule has 0 radical (unpaired) electrons. The summed E-state index contributed by atoms with van der Waals surface area (Å²) in [6.45, 7) is 4.08. The van der Waals surface area contributed by atoms with Crippen molar-refractivity contribution < 1.29 is 12.6 Å². The Bertz CT molecular complexity index is 318. The van der Waals surface area contributed by atoms with Crippen LogP contribution < -0.4 is 0 Å². The van der Waals surface area contributed by atoms with Crippen molar-refractivity contribution in [2.75, 3.05) is 6.26 Å². The fraction of sp³-hybridized carbons (Fsp3) is 0.800. The van der Waals surface area contributed by atoms with E-state index in [0.29, 0.717) is 5.92 Å². The second kappa shape index (κ2) is 4.03. The van der Waals surface area contributed by atoms with Gasteiger partial charge in [0.2, 0.25) is 0 Å². The second-order valence-electron chi connectivity index (χ2n) is 3.86. The fourth-order valence-corrected chi connectivity index (χ4v) is 2.57. The summed E-state index contributed by atoms with van der Waals surface area (Å²) in [5, 5.41) is 0. The molecule has 0 unspecified atom stereocenters. The van der Waals surface area contributed by atoms with Crippen molar-refractivity contribution in [2.24, 2.45) is 5.92 Å². The average molecular weight is 218 g/mol. The summed E-state index contributed by atoms with van der Waals surface area (Å²) in [6, 6.07) is 0. The van der Waals surface area contributed by atoms with Gasteiger partial charge in [-0.3, -0.25) is 4.18 Å². The van der Waals surface area contributed by atoms with Gasteiger partial charge in [-0.25, -0.2) is 0 Å². The predicted octanol–water partition coefficient (Wildman–Crippen LogP) is 2.10. The first kappa shape index (κ1) is 11.7. The predicted molar refractivity (Wildman–Crippen MR) is 56.5 cm³/mol. The maximum absolute atomic E-state index is 11.1. The zero-order valence-corrected chi connectivity index (χ0v) is 9.80. The fourth-order valence-electron chi connectivity index (χ4n) is 1.75. The molecule has 0 bridgehead atoms. The van der Waals surface area contributed by atoms with Crippen LogP contribution in [0.3, 0.4) is 0 Å². The van der Waals surface area contributed by atoms with E-state index in [-0.39, 0.29) is 0 Å². The molecule has 2 atom stereocenters. The molecule has 0 amide bonds. The molecule has 1 fully saturated rings. The lowest BCUT2D eigenvalue weighted by Gasteiger charge is -2.11. The van der Waals surface area contributed by atoms with Crippen LogP contribution in [0.4, 0.5) is 0 Å². The van der Waals surface area contributed by atoms with Crippen LogP contribution in [-0.4, -0.2) is 20.3 Å². The lowest BCUT2D eigenvalue weighted by atomic mass is 10.2. The number of allylic oxidation sites excluding steroid dienone is 1. The van der Waals surface area contributed by atoms with E-state index < -0.39 is 15.7 Å². The first-order valence-electron chi connectivity index (χ1n) is 5.02. The normalized spacial score (nSPS) is 32.4. The first-order chi connectivity index (χ1) is 6.43. The van der Waals surface area contributed by atoms with Gasteiger partial charge in [-0.15, -0.1) is 0 Å². The molecule has 82 valence electrons. The topological polar surface area (TPSA) is 43.4 Å². The number of hydrogen-bond acceptors (Lipinski definition) is 3. The van der Waals surface area contributed by atoms with Gasteiger partial charge in [0, 0.05) is 0 Å². The summed E-state index contributed by atoms with van der Waals surface area (Å²) in [5.41, 5.74) is -0.516. The summed E-state index contributed by atoms with van der Waals surface area (Å²) in [5.74, 6) is 0.361. The minimum absolute atomic E-state index is 0.361. The van der Waals surface area contributed by atoms with Gasteiger partial charge in [0.15, 0.2) is 0 Å². The third kappa shape index (κ3) is 2.82. The molecule has 0 aliphatic heterocycles. The molecule has 0 aromatic rings. The minimum atomic E-state index is -3.34. The molecule has 1 rings (SSSR count). The average Bonchev–Trinajstić information content (AvgIpc) is 2.73. The van der Waals surface area contributed by atoms with Crippen LogP contribution in [0.15, 0.2) is 12.2 Å². The molecule has 0 spiro atoms. The van der Waals surface area contributed by atoms with Gasteiger partial charge in [-0.2, -0.15) is 8.42 Å². The van der Waals surface area contributed by atoms with E-state index in [2.05, 4.69) is 6.92 Å². The van der Waals surface area contributed by atoms with Crippen molar-refractivity contribution in [1.29, 1.82) is 0 Å². The van der Waals surface area contributed by atoms with Crippen LogP contribution in [0.5, 0.6) is 0 Å². The van der Waals surface area contributed by atoms with Gasteiger partial charge in [0.1, 0.15) is 5.60 Å². The van der Waals surface area contributed by atoms with E-state index in [1.165, 1.54) is 0 Å². The molecule has 0 saturated heterocycles. The highest BCUT2D eigenvalue weighted by atomic mass is 32.2. The van der Waals surface area contributed by atoms with Crippen molar-refractivity contribution >= 4 is 10.1 Å². The van der Waals surface area contributed by atoms with E-state index in [1.807, 2.05) is 19.1 Å². The smallest absolute Gasteiger partial charge is 0.259 e. The molecule has 0 heterocycles. The largest absolute Gasteiger partial charge is 0.265 e. The minimum Gasteiger partial charge on any atom is -0.259 e. The lowest BCUT2D eigenvalue weighted by molar-refractivity contribution is 0.218. The maximum atomic E-state index is 11.1. The number of hydrogen-bond donors (Lipinski definition) is 0. The molecule has 1 aliphatic carbocycles. The van der Waals surface area contributed by atoms with Crippen LogP contribution >= 0.6 is 0 Å². The van der Waals surface area contributed by atoms with Gasteiger partial charge in [-0.1, -0.05) is 32.4 Å². The van der Waals surface area contributed by atoms with Crippen LogP contribution in [0.2, 0.25) is 0 Å². The highest BCUT2D eigenvalue weighted by Gasteiger charge is 2.54. The van der Waals surface area contributed by atoms with Crippen molar-refractivity contribution in [2.45, 2.75) is 38.7 Å². The zero-order chi connectivity index (χ0) is 10.8. The van der Waals surface area contributed by atoms with Crippen molar-refractivity contribution in [3.63, 3.8) is 0 Å². The third-order valence-electron chi connectivity index (χ3n) is 2.53. The molecule has 4 heteroatoms. The Hall–Kier alpha value is -0.350. The van der Waals surface area contributed by atoms with Crippen molar-refractivity contribution in [1.82, 2.24) is 0 Å². The van der Waals surface area contributed by atoms with Gasteiger partial charge < -0.3 is 0 Å². The molecular formula is C10H18O3S. The molecule has 1 aliphatic rings. The van der Waals surface area contributed by atoms with Crippen LogP contribution in [0.25, 0.3) is 0 Å². The molecule has 0 aromatic carbocycles. The Morgan fingerprint density at radius 2 is 2.14 bits per heavy atom. The summed E-state index contributed by atoms with van der Waals surface area (Å²) in [7, 11) is -3.34. The van der Waals surface area contributed by atoms with E-state index >= 15 is 0 Å². The molecule has 14 heavy (non-hydrogen) atoms. The Morgan fingerprint density at radius 3 is 2.50 bits per heavy atom. The summed E-state index contributed by atoms with van der Waals surface area (Å²) in [4.78, 5) is 0. The molecular weight excluding hydrogens is 200 g/mol. The SMILES string of the molecule is CC/C=C/[C@@]1(OS(C)(=O)=O)C[C@@H]1CC. The molecule has 3 nitrogen and oxygen atoms in total. The van der Waals surface area contributed by atoms with Gasteiger partial charge in [-0.05, 0) is 18.8 Å². The Morgan fingerprint density at radius 1 is 1.50 bits per heavy atom. The monoisotopic (exact) mass is 218 g/mol. The summed E-state index contributed by atoms with van der Waals surface area (Å²) >= 11 is 0. The van der Waals surface area contributed by atoms with Gasteiger partial charge >= 0.3 is 0 Å². The quantitative estimate of drug-likeness (QED) is 0.524. The molecule has 0 N–H and O–H groups in total. The molecule has 0 aromatic heterocycles. The lowest BCUT2D eigenvalue weighted by Crippen LogP contribution is -2.19. The van der Waals surface area contributed by atoms with Crippen molar-refractivity contribution in [3.05, 3.63) is 12.2 Å². The maximum Gasteiger partial charge on any atom is 0.265 e. The highest BCUT2D eigenvalue weighted by Crippen LogP contribution is 2.51. The molecule has 1 saturated carbocycles. The van der Waals surface area contributed by atoms with E-state index in [9.17, 15) is 8.42 Å². The Kier molecular flexibility index (Phi) is 3.37. The van der Waals surface area contributed by atoms with Crippen LogP contribution in [-0.2, 0) is 14.3 Å². The van der Waals surface area contributed by atoms with E-state index in [4.69, 9.17) is 4.18 Å². The number of rotatable bonds is 5. The second-order valence-corrected chi connectivity index (χ2v) is 5.44. The van der Waals surface area contributed by atoms with Gasteiger partial charge in [0.05, 0.1) is 6.26 Å². The summed E-state index contributed by atoms with van der Waals surface area (Å²) in [6.07, 6.45) is 7.69. The van der Waals surface area contributed by atoms with E-state index in [0.717, 1.165) is 25.5 Å². The van der Waals surface area contributed by atoms with E-state index in [1.54, 1.807) is 0 Å². The third-order valence-corrected chi connectivity index (χ3v) is 3.14. The first-order valence-corrected chi connectivity index (χ1v) is 6.83. The van der Waals surface area contributed by atoms with Gasteiger partial charge in [0.25, 0.3) is 10.1 Å². The van der Waals surface area contributed by atoms with Crippen LogP contribution in [0.1, 0.15) is 33.1 Å². The highest BCUT2D eigenvalue weighted by molar-refractivity contribution is 7.86. The van der Waals surface area contributed by atoms with Crippen molar-refractivity contribution in [3.8, 4) is 0 Å². The Labute approximate surface area is 86.3 Å². The van der Waals surface area contributed by atoms with Crippen LogP contribution in [0, 0.1) is 5.92 Å². The Balaban J connectivity index is 2.72. The summed E-state index contributed by atoms with van der Waals surface area (Å²) < 4.78 is 27.2. The zero-order valence-electron chi connectivity index (χ0n) is 8.99.